The summed E-state index contributed by atoms with van der Waals surface area (Å²) in [5.74, 6) is -1.16. The zero-order valence-electron chi connectivity index (χ0n) is 15.4. The highest BCUT2D eigenvalue weighted by atomic mass is 19.4. The van der Waals surface area contributed by atoms with Gasteiger partial charge in [-0.05, 0) is 35.6 Å². The number of alkyl halides is 3. The molecule has 2 aromatic rings. The third-order valence-electron chi connectivity index (χ3n) is 4.67. The van der Waals surface area contributed by atoms with Crippen LogP contribution in [0.25, 0.3) is 0 Å². The SMILES string of the molecule is O=C(NCC(F)(F)F)c1c2c(c[nH]c1=O)CN(C(=O)CCc1cccnc1)CC2. The maximum absolute atomic E-state index is 12.5. The van der Waals surface area contributed by atoms with E-state index in [0.29, 0.717) is 17.5 Å². The number of aromatic nitrogens is 2. The number of halogens is 3. The highest BCUT2D eigenvalue weighted by Gasteiger charge is 2.31. The number of hydrogen-bond acceptors (Lipinski definition) is 4. The molecule has 1 aliphatic rings. The van der Waals surface area contributed by atoms with Crippen molar-refractivity contribution >= 4 is 11.8 Å². The number of fused-ring (bicyclic) bond motifs is 1. The van der Waals surface area contributed by atoms with Crippen LogP contribution in [0.1, 0.15) is 33.5 Å². The molecule has 0 aliphatic carbocycles. The lowest BCUT2D eigenvalue weighted by Crippen LogP contribution is -2.41. The van der Waals surface area contributed by atoms with E-state index in [1.807, 2.05) is 6.07 Å². The van der Waals surface area contributed by atoms with E-state index in [-0.39, 0.29) is 37.4 Å². The molecular formula is C19H19F3N4O3. The van der Waals surface area contributed by atoms with E-state index in [0.717, 1.165) is 5.56 Å². The smallest absolute Gasteiger partial charge is 0.343 e. The van der Waals surface area contributed by atoms with Crippen LogP contribution in [0.15, 0.2) is 35.5 Å². The molecule has 0 unspecified atom stereocenters. The Bertz CT molecular complexity index is 957. The Morgan fingerprint density at radius 1 is 1.31 bits per heavy atom. The van der Waals surface area contributed by atoms with Crippen LogP contribution in [-0.4, -0.2) is 45.9 Å². The lowest BCUT2D eigenvalue weighted by molar-refractivity contribution is -0.132. The summed E-state index contributed by atoms with van der Waals surface area (Å²) in [6, 6.07) is 3.67. The number of amides is 2. The molecule has 0 saturated heterocycles. The number of aryl methyl sites for hydroxylation is 1. The van der Waals surface area contributed by atoms with Gasteiger partial charge in [-0.2, -0.15) is 13.2 Å². The average Bonchev–Trinajstić information content (AvgIpc) is 2.70. The number of carbonyl (C=O) groups excluding carboxylic acids is 2. The number of nitrogens with zero attached hydrogens (tertiary/aromatic N) is 2. The fourth-order valence-electron chi connectivity index (χ4n) is 3.24. The first kappa shape index (κ1) is 20.6. The molecule has 10 heteroatoms. The van der Waals surface area contributed by atoms with Gasteiger partial charge >= 0.3 is 6.18 Å². The van der Waals surface area contributed by atoms with Gasteiger partial charge in [-0.3, -0.25) is 19.4 Å². The van der Waals surface area contributed by atoms with Crippen LogP contribution in [0.3, 0.4) is 0 Å². The van der Waals surface area contributed by atoms with Crippen LogP contribution in [0.5, 0.6) is 0 Å². The first-order chi connectivity index (χ1) is 13.7. The van der Waals surface area contributed by atoms with Gasteiger partial charge in [0.1, 0.15) is 12.1 Å². The third kappa shape index (κ3) is 5.21. The van der Waals surface area contributed by atoms with E-state index in [1.54, 1.807) is 28.7 Å². The molecule has 2 aromatic heterocycles. The second-order valence-corrected chi connectivity index (χ2v) is 6.72. The van der Waals surface area contributed by atoms with E-state index in [4.69, 9.17) is 0 Å². The lowest BCUT2D eigenvalue weighted by Gasteiger charge is -2.29. The monoisotopic (exact) mass is 408 g/mol. The minimum absolute atomic E-state index is 0.0891. The van der Waals surface area contributed by atoms with Crippen LogP contribution >= 0.6 is 0 Å². The summed E-state index contributed by atoms with van der Waals surface area (Å²) < 4.78 is 37.1. The van der Waals surface area contributed by atoms with E-state index in [1.165, 1.54) is 6.20 Å². The van der Waals surface area contributed by atoms with Crippen molar-refractivity contribution in [3.63, 3.8) is 0 Å². The fraction of sp³-hybridized carbons (Fsp3) is 0.368. The standard InChI is InChI=1S/C19H19F3N4O3/c20-19(21,22)11-25-18(29)16-14-5-7-26(10-13(14)9-24-17(16)28)15(27)4-3-12-2-1-6-23-8-12/h1-2,6,8-9H,3-5,7,10-11H2,(H,24,28)(H,25,29). The van der Waals surface area contributed by atoms with Crippen molar-refractivity contribution in [2.75, 3.05) is 13.1 Å². The van der Waals surface area contributed by atoms with Crippen LogP contribution in [0.2, 0.25) is 0 Å². The molecule has 0 saturated carbocycles. The Morgan fingerprint density at radius 2 is 2.10 bits per heavy atom. The second kappa shape index (κ2) is 8.46. The molecule has 2 amide bonds. The summed E-state index contributed by atoms with van der Waals surface area (Å²) in [6.45, 7) is -1.06. The van der Waals surface area contributed by atoms with Crippen molar-refractivity contribution in [2.24, 2.45) is 0 Å². The first-order valence-corrected chi connectivity index (χ1v) is 8.99. The molecule has 29 heavy (non-hydrogen) atoms. The molecule has 154 valence electrons. The molecule has 0 fully saturated rings. The Morgan fingerprint density at radius 3 is 2.79 bits per heavy atom. The van der Waals surface area contributed by atoms with Crippen LogP contribution < -0.4 is 10.9 Å². The largest absolute Gasteiger partial charge is 0.405 e. The zero-order valence-corrected chi connectivity index (χ0v) is 15.4. The molecule has 0 radical (unpaired) electrons. The molecule has 3 rings (SSSR count). The predicted octanol–water partition coefficient (Wildman–Crippen LogP) is 1.58. The van der Waals surface area contributed by atoms with Crippen molar-refractivity contribution in [1.82, 2.24) is 20.2 Å². The molecule has 0 aromatic carbocycles. The van der Waals surface area contributed by atoms with Crippen molar-refractivity contribution < 1.29 is 22.8 Å². The van der Waals surface area contributed by atoms with Crippen LogP contribution in [0, 0.1) is 0 Å². The van der Waals surface area contributed by atoms with E-state index in [2.05, 4.69) is 9.97 Å². The number of rotatable bonds is 5. The molecule has 1 aliphatic heterocycles. The van der Waals surface area contributed by atoms with E-state index < -0.39 is 24.2 Å². The number of nitrogens with one attached hydrogen (secondary N) is 2. The van der Waals surface area contributed by atoms with E-state index in [9.17, 15) is 27.6 Å². The van der Waals surface area contributed by atoms with Crippen molar-refractivity contribution in [3.05, 3.63) is 63.3 Å². The predicted molar refractivity (Wildman–Crippen MR) is 97.1 cm³/mol. The maximum atomic E-state index is 12.5. The van der Waals surface area contributed by atoms with Gasteiger partial charge in [0.05, 0.1) is 0 Å². The minimum Gasteiger partial charge on any atom is -0.343 e. The summed E-state index contributed by atoms with van der Waals surface area (Å²) in [5, 5.41) is 1.73. The molecule has 3 heterocycles. The van der Waals surface area contributed by atoms with Gasteiger partial charge < -0.3 is 15.2 Å². The highest BCUT2D eigenvalue weighted by Crippen LogP contribution is 2.21. The van der Waals surface area contributed by atoms with Gasteiger partial charge in [0.2, 0.25) is 5.91 Å². The average molecular weight is 408 g/mol. The summed E-state index contributed by atoms with van der Waals surface area (Å²) >= 11 is 0. The van der Waals surface area contributed by atoms with Gasteiger partial charge in [-0.1, -0.05) is 6.07 Å². The number of H-pyrrole nitrogens is 1. The molecule has 0 spiro atoms. The Kier molecular flexibility index (Phi) is 6.00. The fourth-order valence-corrected chi connectivity index (χ4v) is 3.24. The Balaban J connectivity index is 1.70. The maximum Gasteiger partial charge on any atom is 0.405 e. The first-order valence-electron chi connectivity index (χ1n) is 8.99. The van der Waals surface area contributed by atoms with Crippen LogP contribution in [-0.2, 0) is 24.2 Å². The van der Waals surface area contributed by atoms with Crippen molar-refractivity contribution in [2.45, 2.75) is 32.0 Å². The molecule has 2 N–H and O–H groups in total. The summed E-state index contributed by atoms with van der Waals surface area (Å²) in [4.78, 5) is 44.7. The molecule has 0 atom stereocenters. The number of carbonyl (C=O) groups is 2. The van der Waals surface area contributed by atoms with Gasteiger partial charge in [0.15, 0.2) is 0 Å². The number of pyridine rings is 2. The Hall–Kier alpha value is -3.17. The van der Waals surface area contributed by atoms with Crippen molar-refractivity contribution in [3.8, 4) is 0 Å². The molecule has 7 nitrogen and oxygen atoms in total. The summed E-state index contributed by atoms with van der Waals surface area (Å²) in [7, 11) is 0. The van der Waals surface area contributed by atoms with E-state index >= 15 is 0 Å². The van der Waals surface area contributed by atoms with Crippen LogP contribution in [0.4, 0.5) is 13.2 Å². The lowest BCUT2D eigenvalue weighted by atomic mass is 9.96. The zero-order chi connectivity index (χ0) is 21.0. The van der Waals surface area contributed by atoms with Gasteiger partial charge in [0, 0.05) is 38.1 Å². The Labute approximate surface area is 163 Å². The van der Waals surface area contributed by atoms with Gasteiger partial charge in [-0.25, -0.2) is 0 Å². The second-order valence-electron chi connectivity index (χ2n) is 6.72. The normalized spacial score (nSPS) is 13.7. The van der Waals surface area contributed by atoms with Gasteiger partial charge in [0.25, 0.3) is 11.5 Å². The highest BCUT2D eigenvalue weighted by molar-refractivity contribution is 5.95. The topological polar surface area (TPSA) is 95.2 Å². The quantitative estimate of drug-likeness (QED) is 0.785. The molecule has 0 bridgehead atoms. The number of aromatic amines is 1. The van der Waals surface area contributed by atoms with Crippen molar-refractivity contribution in [1.29, 1.82) is 0 Å². The summed E-state index contributed by atoms with van der Waals surface area (Å²) in [6.07, 6.45) is 1.20. The minimum atomic E-state index is -4.57. The number of hydrogen-bond donors (Lipinski definition) is 2. The summed E-state index contributed by atoms with van der Waals surface area (Å²) in [5.41, 5.74) is 0.785. The van der Waals surface area contributed by atoms with Gasteiger partial charge in [-0.15, -0.1) is 0 Å². The molecular weight excluding hydrogens is 389 g/mol. The third-order valence-corrected chi connectivity index (χ3v) is 4.67.